The van der Waals surface area contributed by atoms with Gasteiger partial charge in [0.2, 0.25) is 5.88 Å². The molecule has 1 heterocycles. The molecule has 0 unspecified atom stereocenters. The predicted octanol–water partition coefficient (Wildman–Crippen LogP) is 5.18. The van der Waals surface area contributed by atoms with E-state index in [1.165, 1.54) is 6.33 Å². The molecular formula is C13H11Cl3N2O. The maximum Gasteiger partial charge on any atom is 0.227 e. The number of hydrogen-bond acceptors (Lipinski definition) is 3. The van der Waals surface area contributed by atoms with E-state index >= 15 is 0 Å². The van der Waals surface area contributed by atoms with Crippen molar-refractivity contribution in [1.29, 1.82) is 0 Å². The van der Waals surface area contributed by atoms with E-state index in [4.69, 9.17) is 39.5 Å². The molecule has 0 aliphatic heterocycles. The molecule has 1 aromatic heterocycles. The van der Waals surface area contributed by atoms with Gasteiger partial charge < -0.3 is 4.74 Å². The first-order valence-electron chi connectivity index (χ1n) is 5.74. The molecule has 3 nitrogen and oxygen atoms in total. The molecule has 100 valence electrons. The van der Waals surface area contributed by atoms with Gasteiger partial charge in [0.05, 0.1) is 10.6 Å². The molecule has 2 rings (SSSR count). The molecule has 0 spiro atoms. The minimum Gasteiger partial charge on any atom is -0.437 e. The van der Waals surface area contributed by atoms with Crippen LogP contribution < -0.4 is 4.74 Å². The predicted molar refractivity (Wildman–Crippen MR) is 77.6 cm³/mol. The van der Waals surface area contributed by atoms with Crippen LogP contribution in [0.5, 0.6) is 11.6 Å². The minimum absolute atomic E-state index is 0.348. The number of benzene rings is 1. The van der Waals surface area contributed by atoms with Crippen LogP contribution in [0.25, 0.3) is 0 Å². The van der Waals surface area contributed by atoms with Gasteiger partial charge in [-0.3, -0.25) is 0 Å². The van der Waals surface area contributed by atoms with Gasteiger partial charge >= 0.3 is 0 Å². The quantitative estimate of drug-likeness (QED) is 0.729. The maximum atomic E-state index is 6.08. The third-order valence-corrected chi connectivity index (χ3v) is 3.60. The van der Waals surface area contributed by atoms with Crippen LogP contribution in [0.1, 0.15) is 18.9 Å². The Bertz CT molecular complexity index is 590. The Balaban J connectivity index is 2.38. The number of ether oxygens (including phenoxy) is 1. The van der Waals surface area contributed by atoms with E-state index < -0.39 is 0 Å². The minimum atomic E-state index is 0.348. The number of aromatic nitrogens is 2. The Hall–Kier alpha value is -1.03. The second kappa shape index (κ2) is 6.42. The monoisotopic (exact) mass is 316 g/mol. The van der Waals surface area contributed by atoms with Gasteiger partial charge in [-0.05, 0) is 18.6 Å². The smallest absolute Gasteiger partial charge is 0.227 e. The average Bonchev–Trinajstić information content (AvgIpc) is 2.39. The molecule has 0 aliphatic rings. The molecule has 19 heavy (non-hydrogen) atoms. The molecule has 0 amide bonds. The normalized spacial score (nSPS) is 10.5. The van der Waals surface area contributed by atoms with Gasteiger partial charge in [0.25, 0.3) is 0 Å². The summed E-state index contributed by atoms with van der Waals surface area (Å²) in [5.41, 5.74) is 0.766. The summed E-state index contributed by atoms with van der Waals surface area (Å²) >= 11 is 18.1. The lowest BCUT2D eigenvalue weighted by Gasteiger charge is -2.11. The highest BCUT2D eigenvalue weighted by Crippen LogP contribution is 2.36. The molecule has 0 saturated carbocycles. The van der Waals surface area contributed by atoms with Crippen molar-refractivity contribution >= 4 is 34.8 Å². The van der Waals surface area contributed by atoms with Gasteiger partial charge in [0.15, 0.2) is 0 Å². The first kappa shape index (κ1) is 14.4. The van der Waals surface area contributed by atoms with E-state index in [0.717, 1.165) is 18.4 Å². The standard InChI is InChI=1S/C13H11Cl3N2O/c1-2-4-8-12(16)17-7-18-13(8)19-10-6-3-5-9(14)11(10)15/h3,5-7H,2,4H2,1H3. The van der Waals surface area contributed by atoms with Crippen molar-refractivity contribution in [3.05, 3.63) is 45.3 Å². The lowest BCUT2D eigenvalue weighted by atomic mass is 10.2. The fourth-order valence-corrected chi connectivity index (χ4v) is 2.14. The molecule has 0 bridgehead atoms. The summed E-state index contributed by atoms with van der Waals surface area (Å²) in [6.45, 7) is 2.04. The SMILES string of the molecule is CCCc1c(Cl)ncnc1Oc1cccc(Cl)c1Cl. The third kappa shape index (κ3) is 3.30. The van der Waals surface area contributed by atoms with E-state index in [1.54, 1.807) is 18.2 Å². The van der Waals surface area contributed by atoms with Crippen molar-refractivity contribution in [3.63, 3.8) is 0 Å². The average molecular weight is 318 g/mol. The van der Waals surface area contributed by atoms with Crippen molar-refractivity contribution < 1.29 is 4.74 Å². The van der Waals surface area contributed by atoms with Gasteiger partial charge in [0, 0.05) is 0 Å². The highest BCUT2D eigenvalue weighted by atomic mass is 35.5. The fraction of sp³-hybridized carbons (Fsp3) is 0.231. The van der Waals surface area contributed by atoms with E-state index in [9.17, 15) is 0 Å². The van der Waals surface area contributed by atoms with Crippen LogP contribution in [0.2, 0.25) is 15.2 Å². The van der Waals surface area contributed by atoms with Crippen LogP contribution in [-0.4, -0.2) is 9.97 Å². The number of hydrogen-bond donors (Lipinski definition) is 0. The van der Waals surface area contributed by atoms with Crippen molar-refractivity contribution in [2.24, 2.45) is 0 Å². The second-order valence-corrected chi connectivity index (χ2v) is 5.00. The summed E-state index contributed by atoms with van der Waals surface area (Å²) in [5.74, 6) is 0.854. The maximum absolute atomic E-state index is 6.08. The molecular weight excluding hydrogens is 307 g/mol. The fourth-order valence-electron chi connectivity index (χ4n) is 1.59. The van der Waals surface area contributed by atoms with Gasteiger partial charge in [-0.25, -0.2) is 9.97 Å². The zero-order valence-corrected chi connectivity index (χ0v) is 12.4. The Morgan fingerprint density at radius 1 is 1.16 bits per heavy atom. The molecule has 0 fully saturated rings. The summed E-state index contributed by atoms with van der Waals surface area (Å²) < 4.78 is 5.70. The molecule has 0 radical (unpaired) electrons. The number of nitrogens with zero attached hydrogens (tertiary/aromatic N) is 2. The second-order valence-electron chi connectivity index (χ2n) is 3.85. The van der Waals surface area contributed by atoms with Crippen LogP contribution >= 0.6 is 34.8 Å². The van der Waals surface area contributed by atoms with E-state index in [1.807, 2.05) is 6.92 Å². The van der Waals surface area contributed by atoms with E-state index in [-0.39, 0.29) is 0 Å². The van der Waals surface area contributed by atoms with Crippen LogP contribution in [0, 0.1) is 0 Å². The molecule has 2 aromatic rings. The Morgan fingerprint density at radius 2 is 1.95 bits per heavy atom. The van der Waals surface area contributed by atoms with Crippen LogP contribution in [0.15, 0.2) is 24.5 Å². The Morgan fingerprint density at radius 3 is 2.68 bits per heavy atom. The summed E-state index contributed by atoms with van der Waals surface area (Å²) in [6, 6.07) is 5.17. The van der Waals surface area contributed by atoms with Crippen molar-refractivity contribution in [3.8, 4) is 11.6 Å². The molecule has 0 saturated heterocycles. The summed E-state index contributed by atoms with van der Waals surface area (Å²) in [7, 11) is 0. The molecule has 0 N–H and O–H groups in total. The zero-order valence-electron chi connectivity index (χ0n) is 10.2. The molecule has 6 heteroatoms. The van der Waals surface area contributed by atoms with Gasteiger partial charge in [-0.15, -0.1) is 0 Å². The molecule has 1 aromatic carbocycles. The van der Waals surface area contributed by atoms with Crippen molar-refractivity contribution in [2.75, 3.05) is 0 Å². The number of rotatable bonds is 4. The van der Waals surface area contributed by atoms with Crippen LogP contribution in [0.4, 0.5) is 0 Å². The van der Waals surface area contributed by atoms with Gasteiger partial charge in [-0.1, -0.05) is 54.2 Å². The largest absolute Gasteiger partial charge is 0.437 e. The Kier molecular flexibility index (Phi) is 4.86. The zero-order chi connectivity index (χ0) is 13.8. The van der Waals surface area contributed by atoms with Crippen molar-refractivity contribution in [2.45, 2.75) is 19.8 Å². The summed E-state index contributed by atoms with van der Waals surface area (Å²) in [4.78, 5) is 8.06. The van der Waals surface area contributed by atoms with Crippen LogP contribution in [0.3, 0.4) is 0 Å². The highest BCUT2D eigenvalue weighted by Gasteiger charge is 2.13. The lowest BCUT2D eigenvalue weighted by Crippen LogP contribution is -1.98. The topological polar surface area (TPSA) is 35.0 Å². The van der Waals surface area contributed by atoms with Gasteiger partial charge in [-0.2, -0.15) is 0 Å². The third-order valence-electron chi connectivity index (χ3n) is 2.48. The first-order chi connectivity index (χ1) is 9.13. The Labute approximate surface area is 126 Å². The van der Waals surface area contributed by atoms with E-state index in [2.05, 4.69) is 9.97 Å². The summed E-state index contributed by atoms with van der Waals surface area (Å²) in [5, 5.41) is 1.17. The van der Waals surface area contributed by atoms with Crippen molar-refractivity contribution in [1.82, 2.24) is 9.97 Å². The summed E-state index contributed by atoms with van der Waals surface area (Å²) in [6.07, 6.45) is 3.00. The number of halogens is 3. The first-order valence-corrected chi connectivity index (χ1v) is 6.88. The molecule has 0 aliphatic carbocycles. The highest BCUT2D eigenvalue weighted by molar-refractivity contribution is 6.42. The molecule has 0 atom stereocenters. The van der Waals surface area contributed by atoms with Crippen LogP contribution in [-0.2, 0) is 6.42 Å². The van der Waals surface area contributed by atoms with E-state index in [0.29, 0.717) is 26.8 Å². The van der Waals surface area contributed by atoms with Gasteiger partial charge in [0.1, 0.15) is 22.3 Å². The lowest BCUT2D eigenvalue weighted by molar-refractivity contribution is 0.454.